The molecule has 0 spiro atoms. The molecule has 0 bridgehead atoms. The Morgan fingerprint density at radius 2 is 1.75 bits per heavy atom. The minimum Gasteiger partial charge on any atom is -0.489 e. The average molecular weight is 700 g/mol. The number of halogens is 4. The van der Waals surface area contributed by atoms with Crippen LogP contribution in [-0.2, 0) is 22.6 Å². The summed E-state index contributed by atoms with van der Waals surface area (Å²) in [5, 5.41) is 0.515. The number of nitrogens with zero attached hydrogens (tertiary/aromatic N) is 2. The second-order valence-electron chi connectivity index (χ2n) is 11.2. The number of H-pyrrole nitrogens is 1. The molecule has 1 N–H and O–H groups in total. The number of aromatic amines is 1. The quantitative estimate of drug-likeness (QED) is 0.111. The first-order valence-corrected chi connectivity index (χ1v) is 15.7. The number of hydrogen-bond donors (Lipinski definition) is 0. The summed E-state index contributed by atoms with van der Waals surface area (Å²) in [6.07, 6.45) is 7.09. The zero-order valence-electron chi connectivity index (χ0n) is 25.2. The first kappa shape index (κ1) is 33.1. The number of esters is 1. The summed E-state index contributed by atoms with van der Waals surface area (Å²) in [5.74, 6) is -1.74. The summed E-state index contributed by atoms with van der Waals surface area (Å²) >= 11 is 12.8. The Labute approximate surface area is 283 Å². The van der Waals surface area contributed by atoms with E-state index in [4.69, 9.17) is 37.4 Å². The minimum absolute atomic E-state index is 0.0328. The molecule has 2 aromatic heterocycles. The monoisotopic (exact) mass is 698 g/mol. The van der Waals surface area contributed by atoms with Crippen LogP contribution >= 0.6 is 23.2 Å². The van der Waals surface area contributed by atoms with E-state index in [-0.39, 0.29) is 45.7 Å². The van der Waals surface area contributed by atoms with Crippen LogP contribution in [0, 0.1) is 5.92 Å². The van der Waals surface area contributed by atoms with Gasteiger partial charge in [-0.15, -0.1) is 0 Å². The van der Waals surface area contributed by atoms with Crippen molar-refractivity contribution < 1.29 is 47.1 Å². The van der Waals surface area contributed by atoms with E-state index < -0.39 is 37.0 Å². The number of hydrogen-bond acceptors (Lipinski definition) is 8. The lowest BCUT2D eigenvalue weighted by Gasteiger charge is -2.22. The lowest BCUT2D eigenvalue weighted by Crippen LogP contribution is -2.36. The van der Waals surface area contributed by atoms with Crippen LogP contribution < -0.4 is 19.2 Å². The van der Waals surface area contributed by atoms with Crippen molar-refractivity contribution in [3.05, 3.63) is 111 Å². The summed E-state index contributed by atoms with van der Waals surface area (Å²) in [6, 6.07) is 12.3. The van der Waals surface area contributed by atoms with Crippen molar-refractivity contribution in [3.63, 3.8) is 0 Å². The summed E-state index contributed by atoms with van der Waals surface area (Å²) in [6.45, 7) is -3.29. The summed E-state index contributed by atoms with van der Waals surface area (Å²) in [7, 11) is 0. The molecule has 3 heterocycles. The van der Waals surface area contributed by atoms with Crippen molar-refractivity contribution in [3.8, 4) is 17.2 Å². The van der Waals surface area contributed by atoms with Crippen LogP contribution in [-0.4, -0.2) is 47.4 Å². The molecule has 1 saturated carbocycles. The van der Waals surface area contributed by atoms with Crippen molar-refractivity contribution in [1.29, 1.82) is 0 Å². The molecule has 4 aromatic rings. The van der Waals surface area contributed by atoms with Gasteiger partial charge in [0.1, 0.15) is 35.1 Å². The van der Waals surface area contributed by atoms with E-state index in [1.54, 1.807) is 24.5 Å². The standard InChI is InChI=1S/C34H27Cl2F2N3O7/c35-26-14-40-15-27(36)25(26)12-29(21-5-8-28(48-34(37)38)30(10-21)46-17-19-3-4-19)47-31(42)16-41-32(43)23-7-6-22(11-24(23)33(41)44)45-18-20-2-1-9-39-13-20/h1-2,5-11,13-15,19,29,34H,3-4,12,16-18H2/p+1/t29-/m0/s1. The second kappa shape index (κ2) is 14.5. The second-order valence-corrected chi connectivity index (χ2v) is 12.0. The predicted octanol–water partition coefficient (Wildman–Crippen LogP) is 6.29. The van der Waals surface area contributed by atoms with Crippen molar-refractivity contribution >= 4 is 41.0 Å². The Kier molecular flexibility index (Phi) is 10.0. The van der Waals surface area contributed by atoms with Gasteiger partial charge in [-0.1, -0.05) is 35.3 Å². The van der Waals surface area contributed by atoms with Crippen molar-refractivity contribution in [2.45, 2.75) is 38.6 Å². The fraction of sp³-hybridized carbons (Fsp3) is 0.265. The number of alkyl halides is 2. The normalized spacial score (nSPS) is 14.6. The maximum absolute atomic E-state index is 13.4. The van der Waals surface area contributed by atoms with Gasteiger partial charge < -0.3 is 18.9 Å². The molecule has 1 aliphatic heterocycles. The van der Waals surface area contributed by atoms with Crippen LogP contribution in [0.3, 0.4) is 0 Å². The number of rotatable bonds is 14. The lowest BCUT2D eigenvalue weighted by atomic mass is 10.0. The molecule has 10 nitrogen and oxygen atoms in total. The van der Waals surface area contributed by atoms with E-state index >= 15 is 0 Å². The van der Waals surface area contributed by atoms with Crippen LogP contribution in [0.25, 0.3) is 0 Å². The Balaban J connectivity index is 1.21. The van der Waals surface area contributed by atoms with Gasteiger partial charge in [-0.2, -0.15) is 8.78 Å². The van der Waals surface area contributed by atoms with Gasteiger partial charge in [-0.05, 0) is 60.7 Å². The van der Waals surface area contributed by atoms with E-state index in [1.807, 2.05) is 6.07 Å². The number of nitrogens with one attached hydrogen (secondary N) is 1. The van der Waals surface area contributed by atoms with Gasteiger partial charge in [-0.25, -0.2) is 4.98 Å². The van der Waals surface area contributed by atoms with Crippen LogP contribution in [0.5, 0.6) is 17.2 Å². The molecule has 248 valence electrons. The van der Waals surface area contributed by atoms with Gasteiger partial charge in [0.25, 0.3) is 11.8 Å². The molecule has 0 unspecified atom stereocenters. The van der Waals surface area contributed by atoms with Gasteiger partial charge in [0.2, 0.25) is 0 Å². The van der Waals surface area contributed by atoms with E-state index in [9.17, 15) is 23.2 Å². The molecule has 48 heavy (non-hydrogen) atoms. The molecular weight excluding hydrogens is 671 g/mol. The number of carbonyl (C=O) groups is 3. The molecule has 1 atom stereocenters. The predicted molar refractivity (Wildman–Crippen MR) is 167 cm³/mol. The number of amides is 2. The highest BCUT2D eigenvalue weighted by molar-refractivity contribution is 6.35. The zero-order valence-corrected chi connectivity index (χ0v) is 26.7. The summed E-state index contributed by atoms with van der Waals surface area (Å²) < 4.78 is 48.4. The highest BCUT2D eigenvalue weighted by atomic mass is 35.5. The molecule has 1 fully saturated rings. The van der Waals surface area contributed by atoms with Crippen molar-refractivity contribution in [1.82, 2.24) is 9.88 Å². The van der Waals surface area contributed by atoms with Crippen LogP contribution in [0.1, 0.15) is 56.4 Å². The highest BCUT2D eigenvalue weighted by Gasteiger charge is 2.38. The largest absolute Gasteiger partial charge is 0.489 e. The topological polar surface area (TPSA) is 118 Å². The Morgan fingerprint density at radius 1 is 0.979 bits per heavy atom. The van der Waals surface area contributed by atoms with Crippen LogP contribution in [0.4, 0.5) is 8.78 Å². The van der Waals surface area contributed by atoms with E-state index in [0.29, 0.717) is 29.4 Å². The Hall–Kier alpha value is -4.81. The van der Waals surface area contributed by atoms with Gasteiger partial charge in [0.15, 0.2) is 23.9 Å². The summed E-state index contributed by atoms with van der Waals surface area (Å²) in [5.41, 5.74) is 1.80. The Morgan fingerprint density at radius 3 is 2.46 bits per heavy atom. The molecule has 2 aromatic carbocycles. The molecular formula is C34H28Cl2F2N3O7+. The molecule has 2 amide bonds. The third-order valence-corrected chi connectivity index (χ3v) is 8.42. The number of ether oxygens (including phenoxy) is 4. The minimum atomic E-state index is -3.09. The first-order chi connectivity index (χ1) is 23.2. The van der Waals surface area contributed by atoms with E-state index in [1.165, 1.54) is 42.7 Å². The summed E-state index contributed by atoms with van der Waals surface area (Å²) in [4.78, 5) is 47.5. The van der Waals surface area contributed by atoms with Crippen molar-refractivity contribution in [2.75, 3.05) is 13.2 Å². The maximum Gasteiger partial charge on any atom is 0.387 e. The average Bonchev–Trinajstić information content (AvgIpc) is 3.88. The van der Waals surface area contributed by atoms with Crippen LogP contribution in [0.15, 0.2) is 73.3 Å². The maximum atomic E-state index is 13.4. The van der Waals surface area contributed by atoms with Gasteiger partial charge in [0.05, 0.1) is 17.7 Å². The van der Waals surface area contributed by atoms with Gasteiger partial charge in [0, 0.05) is 29.9 Å². The number of benzene rings is 2. The molecule has 2 aliphatic rings. The molecule has 0 radical (unpaired) electrons. The molecule has 1 aliphatic carbocycles. The van der Waals surface area contributed by atoms with E-state index in [2.05, 4.69) is 14.7 Å². The van der Waals surface area contributed by atoms with Gasteiger partial charge >= 0.3 is 12.6 Å². The SMILES string of the molecule is O=C(CN1C(=O)c2ccc(OCc3cccnc3)cc2C1=O)O[C@@H](Cc1c(Cl)c[nH+]cc1Cl)c1ccc(OC(F)F)c(OCC2CC2)c1. The number of imide groups is 1. The van der Waals surface area contributed by atoms with Crippen LogP contribution in [0.2, 0.25) is 10.0 Å². The zero-order chi connectivity index (χ0) is 33.8. The number of carbonyl (C=O) groups excluding carboxylic acids is 3. The third-order valence-electron chi connectivity index (χ3n) is 7.74. The first-order valence-electron chi connectivity index (χ1n) is 14.9. The number of pyridine rings is 2. The van der Waals surface area contributed by atoms with E-state index in [0.717, 1.165) is 23.3 Å². The highest BCUT2D eigenvalue weighted by Crippen LogP contribution is 2.38. The lowest BCUT2D eigenvalue weighted by molar-refractivity contribution is -0.377. The smallest absolute Gasteiger partial charge is 0.387 e. The van der Waals surface area contributed by atoms with Gasteiger partial charge in [-0.3, -0.25) is 24.3 Å². The van der Waals surface area contributed by atoms with Crippen molar-refractivity contribution in [2.24, 2.45) is 5.92 Å². The molecule has 6 rings (SSSR count). The molecule has 0 saturated heterocycles. The fourth-order valence-corrected chi connectivity index (χ4v) is 5.62. The molecule has 14 heteroatoms. The fourth-order valence-electron chi connectivity index (χ4n) is 5.09. The third kappa shape index (κ3) is 7.83. The number of fused-ring (bicyclic) bond motifs is 1. The number of aromatic nitrogens is 2. The Bertz CT molecular complexity index is 1820.